The second-order valence-corrected chi connectivity index (χ2v) is 6.84. The highest BCUT2D eigenvalue weighted by Gasteiger charge is 2.14. The molecule has 0 spiro atoms. The molecule has 0 saturated heterocycles. The van der Waals surface area contributed by atoms with Crippen LogP contribution in [-0.4, -0.2) is 10.9 Å². The number of amides is 1. The van der Waals surface area contributed by atoms with Gasteiger partial charge in [0.05, 0.1) is 17.2 Å². The van der Waals surface area contributed by atoms with Crippen molar-refractivity contribution in [3.63, 3.8) is 0 Å². The van der Waals surface area contributed by atoms with Gasteiger partial charge in [-0.25, -0.2) is 9.37 Å². The van der Waals surface area contributed by atoms with Gasteiger partial charge in [0.1, 0.15) is 11.3 Å². The number of hydrogen-bond donors (Lipinski definition) is 1. The predicted octanol–water partition coefficient (Wildman–Crippen LogP) is 5.37. The number of fused-ring (bicyclic) bond motifs is 1. The highest BCUT2D eigenvalue weighted by Crippen LogP contribution is 2.28. The van der Waals surface area contributed by atoms with E-state index in [9.17, 15) is 9.18 Å². The first-order valence-corrected chi connectivity index (χ1v) is 8.93. The first-order chi connectivity index (χ1) is 13.9. The molecule has 0 unspecified atom stereocenters. The van der Waals surface area contributed by atoms with Crippen molar-refractivity contribution in [1.29, 1.82) is 5.26 Å². The number of nitriles is 1. The number of oxazole rings is 1. The summed E-state index contributed by atoms with van der Waals surface area (Å²) in [4.78, 5) is 16.9. The minimum absolute atomic E-state index is 0.139. The molecule has 0 aliphatic carbocycles. The van der Waals surface area contributed by atoms with Crippen LogP contribution in [0.3, 0.4) is 0 Å². The van der Waals surface area contributed by atoms with Crippen LogP contribution in [0, 0.1) is 31.0 Å². The van der Waals surface area contributed by atoms with Gasteiger partial charge in [0.25, 0.3) is 5.91 Å². The molecule has 0 fully saturated rings. The number of halogens is 1. The number of aromatic nitrogens is 1. The van der Waals surface area contributed by atoms with Gasteiger partial charge in [0.15, 0.2) is 5.58 Å². The maximum Gasteiger partial charge on any atom is 0.258 e. The number of carbonyl (C=O) groups excluding carboxylic acids is 1. The molecule has 1 aromatic heterocycles. The SMILES string of the molecule is Cc1cc(C)cc(-c2nc3cc(NC(=O)c4ccc(C#N)cc4F)ccc3o2)c1. The zero-order valence-electron chi connectivity index (χ0n) is 15.8. The molecular weight excluding hydrogens is 369 g/mol. The van der Waals surface area contributed by atoms with Crippen LogP contribution in [0.15, 0.2) is 59.0 Å². The van der Waals surface area contributed by atoms with Crippen molar-refractivity contribution >= 4 is 22.7 Å². The molecule has 1 N–H and O–H groups in total. The standard InChI is InChI=1S/C23H16FN3O2/c1-13-7-14(2)9-16(8-13)23-27-20-11-17(4-6-21(20)29-23)26-22(28)18-5-3-15(12-25)10-19(18)24/h3-11H,1-2H3,(H,26,28). The Balaban J connectivity index is 1.62. The summed E-state index contributed by atoms with van der Waals surface area (Å²) < 4.78 is 19.9. The van der Waals surface area contributed by atoms with E-state index in [1.165, 1.54) is 12.1 Å². The maximum absolute atomic E-state index is 14.1. The van der Waals surface area contributed by atoms with Crippen LogP contribution < -0.4 is 5.32 Å². The summed E-state index contributed by atoms with van der Waals surface area (Å²) in [7, 11) is 0. The van der Waals surface area contributed by atoms with Crippen molar-refractivity contribution in [2.24, 2.45) is 0 Å². The lowest BCUT2D eigenvalue weighted by Gasteiger charge is -2.06. The van der Waals surface area contributed by atoms with Crippen molar-refractivity contribution in [3.8, 4) is 17.5 Å². The van der Waals surface area contributed by atoms with Gasteiger partial charge >= 0.3 is 0 Å². The highest BCUT2D eigenvalue weighted by molar-refractivity contribution is 6.05. The minimum Gasteiger partial charge on any atom is -0.436 e. The quantitative estimate of drug-likeness (QED) is 0.514. The molecule has 4 rings (SSSR count). The smallest absolute Gasteiger partial charge is 0.258 e. The maximum atomic E-state index is 14.1. The fourth-order valence-corrected chi connectivity index (χ4v) is 3.19. The number of rotatable bonds is 3. The Morgan fingerprint density at radius 1 is 1.07 bits per heavy atom. The number of carbonyl (C=O) groups is 1. The third kappa shape index (κ3) is 3.71. The Hall–Kier alpha value is -3.98. The van der Waals surface area contributed by atoms with Crippen molar-refractivity contribution in [3.05, 3.63) is 82.7 Å². The number of anilines is 1. The first-order valence-electron chi connectivity index (χ1n) is 8.93. The molecule has 0 aliphatic rings. The molecule has 142 valence electrons. The summed E-state index contributed by atoms with van der Waals surface area (Å²) in [6.07, 6.45) is 0. The molecule has 5 nitrogen and oxygen atoms in total. The van der Waals surface area contributed by atoms with E-state index in [1.807, 2.05) is 32.0 Å². The number of nitrogens with one attached hydrogen (secondary N) is 1. The van der Waals surface area contributed by atoms with Crippen LogP contribution in [0.4, 0.5) is 10.1 Å². The Kier molecular flexibility index (Phi) is 4.57. The van der Waals surface area contributed by atoms with E-state index in [4.69, 9.17) is 9.68 Å². The summed E-state index contributed by atoms with van der Waals surface area (Å²) in [5.41, 5.74) is 4.75. The van der Waals surface area contributed by atoms with E-state index >= 15 is 0 Å². The fraction of sp³-hybridized carbons (Fsp3) is 0.0870. The van der Waals surface area contributed by atoms with Crippen LogP contribution >= 0.6 is 0 Å². The Morgan fingerprint density at radius 2 is 1.83 bits per heavy atom. The first kappa shape index (κ1) is 18.4. The lowest BCUT2D eigenvalue weighted by molar-refractivity contribution is 0.102. The van der Waals surface area contributed by atoms with Gasteiger partial charge in [0.2, 0.25) is 5.89 Å². The van der Waals surface area contributed by atoms with Gasteiger partial charge in [-0.05, 0) is 62.4 Å². The minimum atomic E-state index is -0.749. The summed E-state index contributed by atoms with van der Waals surface area (Å²) in [5, 5.41) is 11.5. The monoisotopic (exact) mass is 385 g/mol. The Labute approximate surface area is 166 Å². The molecule has 6 heteroatoms. The van der Waals surface area contributed by atoms with Gasteiger partial charge < -0.3 is 9.73 Å². The normalized spacial score (nSPS) is 10.7. The Morgan fingerprint density at radius 3 is 2.52 bits per heavy atom. The molecular formula is C23H16FN3O2. The summed E-state index contributed by atoms with van der Waals surface area (Å²) in [5.74, 6) is -0.862. The van der Waals surface area contributed by atoms with Gasteiger partial charge in [-0.1, -0.05) is 17.2 Å². The van der Waals surface area contributed by atoms with Crippen LogP contribution in [0.5, 0.6) is 0 Å². The third-order valence-electron chi connectivity index (χ3n) is 4.46. The molecule has 0 atom stereocenters. The van der Waals surface area contributed by atoms with E-state index in [0.29, 0.717) is 22.7 Å². The van der Waals surface area contributed by atoms with Crippen LogP contribution in [0.1, 0.15) is 27.0 Å². The van der Waals surface area contributed by atoms with Crippen molar-refractivity contribution in [2.75, 3.05) is 5.32 Å². The van der Waals surface area contributed by atoms with Gasteiger partial charge in [-0.3, -0.25) is 4.79 Å². The predicted molar refractivity (Wildman–Crippen MR) is 108 cm³/mol. The molecule has 1 amide bonds. The average Bonchev–Trinajstić information content (AvgIpc) is 3.10. The highest BCUT2D eigenvalue weighted by atomic mass is 19.1. The molecule has 0 radical (unpaired) electrons. The van der Waals surface area contributed by atoms with E-state index in [2.05, 4.69) is 16.4 Å². The van der Waals surface area contributed by atoms with Gasteiger partial charge in [0, 0.05) is 11.3 Å². The Bertz CT molecular complexity index is 1280. The second-order valence-electron chi connectivity index (χ2n) is 6.84. The topological polar surface area (TPSA) is 78.9 Å². The van der Waals surface area contributed by atoms with Gasteiger partial charge in [-0.15, -0.1) is 0 Å². The number of nitrogens with zero attached hydrogens (tertiary/aromatic N) is 2. The summed E-state index contributed by atoms with van der Waals surface area (Å²) in [6.45, 7) is 4.02. The molecule has 29 heavy (non-hydrogen) atoms. The third-order valence-corrected chi connectivity index (χ3v) is 4.46. The van der Waals surface area contributed by atoms with E-state index in [0.717, 1.165) is 22.8 Å². The van der Waals surface area contributed by atoms with E-state index in [-0.39, 0.29) is 11.1 Å². The molecule has 0 saturated carbocycles. The van der Waals surface area contributed by atoms with Gasteiger partial charge in [-0.2, -0.15) is 5.26 Å². The second kappa shape index (κ2) is 7.21. The number of aryl methyl sites for hydroxylation is 2. The molecule has 3 aromatic carbocycles. The summed E-state index contributed by atoms with van der Waals surface area (Å²) >= 11 is 0. The lowest BCUT2D eigenvalue weighted by Crippen LogP contribution is -2.13. The van der Waals surface area contributed by atoms with Crippen molar-refractivity contribution < 1.29 is 13.6 Å². The zero-order valence-corrected chi connectivity index (χ0v) is 15.8. The molecule has 1 heterocycles. The van der Waals surface area contributed by atoms with Crippen molar-refractivity contribution in [2.45, 2.75) is 13.8 Å². The number of benzene rings is 3. The lowest BCUT2D eigenvalue weighted by atomic mass is 10.1. The van der Waals surface area contributed by atoms with E-state index < -0.39 is 11.7 Å². The van der Waals surface area contributed by atoms with Crippen LogP contribution in [-0.2, 0) is 0 Å². The molecule has 4 aromatic rings. The average molecular weight is 385 g/mol. The van der Waals surface area contributed by atoms with E-state index in [1.54, 1.807) is 18.2 Å². The number of hydrogen-bond acceptors (Lipinski definition) is 4. The zero-order chi connectivity index (χ0) is 20.5. The summed E-state index contributed by atoms with van der Waals surface area (Å²) in [6, 6.07) is 16.7. The molecule has 0 aliphatic heterocycles. The fourth-order valence-electron chi connectivity index (χ4n) is 3.19. The largest absolute Gasteiger partial charge is 0.436 e. The van der Waals surface area contributed by atoms with Crippen LogP contribution in [0.25, 0.3) is 22.6 Å². The van der Waals surface area contributed by atoms with Crippen molar-refractivity contribution in [1.82, 2.24) is 4.98 Å². The van der Waals surface area contributed by atoms with Crippen LogP contribution in [0.2, 0.25) is 0 Å². The molecule has 0 bridgehead atoms.